The Balaban J connectivity index is 0. The topological polar surface area (TPSA) is 55.1 Å². The molecule has 0 aromatic carbocycles. The molecule has 3 nitrogen and oxygen atoms in total. The highest BCUT2D eigenvalue weighted by Gasteiger charge is 2.25. The van der Waals surface area contributed by atoms with Crippen molar-refractivity contribution in [3.05, 3.63) is 0 Å². The molecule has 15 heavy (non-hydrogen) atoms. The van der Waals surface area contributed by atoms with Crippen LogP contribution in [-0.4, -0.2) is 25.2 Å². The third-order valence-corrected chi connectivity index (χ3v) is 1.57. The lowest BCUT2D eigenvalue weighted by molar-refractivity contribution is -0.136. The number of carbonyl (C=O) groups excluding carboxylic acids is 1. The maximum atomic E-state index is 11.7. The molecular weight excluding hydrogens is 233 g/mol. The Labute approximate surface area is 93.0 Å². The molecule has 0 fully saturated rings. The van der Waals surface area contributed by atoms with Gasteiger partial charge in [-0.1, -0.05) is 0 Å². The van der Waals surface area contributed by atoms with Gasteiger partial charge in [0.15, 0.2) is 0 Å². The molecule has 0 spiro atoms. The van der Waals surface area contributed by atoms with E-state index >= 15 is 0 Å². The standard InChI is InChI=1S/C8H15F3N2O.ClH/c9-8(10,11)4-2-6-13-7(14)3-1-5-12;/h1-6,12H2,(H,13,14);1H. The molecule has 0 saturated heterocycles. The molecule has 0 unspecified atom stereocenters. The molecule has 0 aromatic rings. The van der Waals surface area contributed by atoms with Crippen molar-refractivity contribution in [3.8, 4) is 0 Å². The van der Waals surface area contributed by atoms with Gasteiger partial charge in [-0.05, 0) is 19.4 Å². The van der Waals surface area contributed by atoms with Crippen LogP contribution in [0.15, 0.2) is 0 Å². The van der Waals surface area contributed by atoms with Crippen LogP contribution in [0.2, 0.25) is 0 Å². The molecule has 3 N–H and O–H groups in total. The van der Waals surface area contributed by atoms with Crippen molar-refractivity contribution in [1.82, 2.24) is 5.32 Å². The SMILES string of the molecule is Cl.NCCCC(=O)NCCCC(F)(F)F. The molecule has 0 radical (unpaired) electrons. The van der Waals surface area contributed by atoms with Crippen LogP contribution in [-0.2, 0) is 4.79 Å². The minimum Gasteiger partial charge on any atom is -0.356 e. The lowest BCUT2D eigenvalue weighted by Gasteiger charge is -2.06. The Kier molecular flexibility index (Phi) is 9.92. The Morgan fingerprint density at radius 3 is 2.33 bits per heavy atom. The minimum absolute atomic E-state index is 0. The van der Waals surface area contributed by atoms with Gasteiger partial charge in [-0.3, -0.25) is 4.79 Å². The maximum Gasteiger partial charge on any atom is 0.389 e. The summed E-state index contributed by atoms with van der Waals surface area (Å²) in [6.07, 6.45) is -4.22. The third kappa shape index (κ3) is 13.5. The molecule has 0 atom stereocenters. The van der Waals surface area contributed by atoms with E-state index in [1.54, 1.807) is 0 Å². The Bertz CT molecular complexity index is 176. The molecule has 0 aliphatic heterocycles. The second kappa shape index (κ2) is 8.79. The number of hydrogen-bond acceptors (Lipinski definition) is 2. The van der Waals surface area contributed by atoms with E-state index in [1.807, 2.05) is 0 Å². The Morgan fingerprint density at radius 1 is 1.27 bits per heavy atom. The highest BCUT2D eigenvalue weighted by atomic mass is 35.5. The van der Waals surface area contributed by atoms with Crippen LogP contribution in [0.3, 0.4) is 0 Å². The molecule has 0 rings (SSSR count). The average Bonchev–Trinajstić information content (AvgIpc) is 2.07. The van der Waals surface area contributed by atoms with Gasteiger partial charge in [-0.25, -0.2) is 0 Å². The largest absolute Gasteiger partial charge is 0.389 e. The number of hydrogen-bond donors (Lipinski definition) is 2. The van der Waals surface area contributed by atoms with E-state index in [9.17, 15) is 18.0 Å². The summed E-state index contributed by atoms with van der Waals surface area (Å²) in [4.78, 5) is 10.9. The summed E-state index contributed by atoms with van der Waals surface area (Å²) in [5.41, 5.74) is 5.16. The third-order valence-electron chi connectivity index (χ3n) is 1.57. The van der Waals surface area contributed by atoms with E-state index in [0.717, 1.165) is 0 Å². The number of alkyl halides is 3. The van der Waals surface area contributed by atoms with Gasteiger partial charge >= 0.3 is 6.18 Å². The molecule has 0 saturated carbocycles. The average molecular weight is 249 g/mol. The van der Waals surface area contributed by atoms with Crippen molar-refractivity contribution >= 4 is 18.3 Å². The molecule has 7 heteroatoms. The first-order valence-electron chi connectivity index (χ1n) is 4.49. The first-order chi connectivity index (χ1) is 6.45. The number of nitrogens with two attached hydrogens (primary N) is 1. The summed E-state index contributed by atoms with van der Waals surface area (Å²) < 4.78 is 35.0. The van der Waals surface area contributed by atoms with Gasteiger partial charge < -0.3 is 11.1 Å². The minimum atomic E-state index is -4.14. The van der Waals surface area contributed by atoms with E-state index in [1.165, 1.54) is 0 Å². The summed E-state index contributed by atoms with van der Waals surface area (Å²) in [7, 11) is 0. The van der Waals surface area contributed by atoms with Crippen LogP contribution < -0.4 is 11.1 Å². The highest BCUT2D eigenvalue weighted by molar-refractivity contribution is 5.85. The highest BCUT2D eigenvalue weighted by Crippen LogP contribution is 2.20. The summed E-state index contributed by atoms with van der Waals surface area (Å²) >= 11 is 0. The van der Waals surface area contributed by atoms with Crippen LogP contribution in [0.1, 0.15) is 25.7 Å². The lowest BCUT2D eigenvalue weighted by atomic mass is 10.2. The quantitative estimate of drug-likeness (QED) is 0.702. The summed E-state index contributed by atoms with van der Waals surface area (Å²) in [6, 6.07) is 0. The van der Waals surface area contributed by atoms with Gasteiger partial charge in [-0.2, -0.15) is 13.2 Å². The molecule has 0 aromatic heterocycles. The maximum absolute atomic E-state index is 11.7. The number of nitrogens with one attached hydrogen (secondary N) is 1. The smallest absolute Gasteiger partial charge is 0.356 e. The van der Waals surface area contributed by atoms with E-state index in [0.29, 0.717) is 13.0 Å². The molecule has 0 aliphatic rings. The normalized spacial score (nSPS) is 10.7. The number of amides is 1. The molecule has 1 amide bonds. The number of rotatable bonds is 6. The second-order valence-electron chi connectivity index (χ2n) is 2.96. The zero-order valence-corrected chi connectivity index (χ0v) is 9.09. The van der Waals surface area contributed by atoms with Gasteiger partial charge in [0.25, 0.3) is 0 Å². The van der Waals surface area contributed by atoms with Gasteiger partial charge in [-0.15, -0.1) is 12.4 Å². The summed E-state index contributed by atoms with van der Waals surface area (Å²) in [6.45, 7) is 0.485. The number of carbonyl (C=O) groups is 1. The van der Waals surface area contributed by atoms with E-state index < -0.39 is 12.6 Å². The first kappa shape index (κ1) is 16.9. The van der Waals surface area contributed by atoms with Crippen LogP contribution in [0.5, 0.6) is 0 Å². The number of halogens is 4. The van der Waals surface area contributed by atoms with Gasteiger partial charge in [0.1, 0.15) is 0 Å². The monoisotopic (exact) mass is 248 g/mol. The predicted molar refractivity (Wildman–Crippen MR) is 53.8 cm³/mol. The molecule has 0 aliphatic carbocycles. The van der Waals surface area contributed by atoms with Crippen molar-refractivity contribution in [2.75, 3.05) is 13.1 Å². The summed E-state index contributed by atoms with van der Waals surface area (Å²) in [5.74, 6) is -0.238. The summed E-state index contributed by atoms with van der Waals surface area (Å²) in [5, 5.41) is 2.40. The molecule has 92 valence electrons. The molecule has 0 bridgehead atoms. The van der Waals surface area contributed by atoms with Gasteiger partial charge in [0, 0.05) is 19.4 Å². The zero-order valence-electron chi connectivity index (χ0n) is 8.27. The second-order valence-corrected chi connectivity index (χ2v) is 2.96. The van der Waals surface area contributed by atoms with Gasteiger partial charge in [0.2, 0.25) is 5.91 Å². The lowest BCUT2D eigenvalue weighted by Crippen LogP contribution is -2.25. The van der Waals surface area contributed by atoms with Crippen LogP contribution >= 0.6 is 12.4 Å². The van der Waals surface area contributed by atoms with Crippen molar-refractivity contribution in [2.24, 2.45) is 5.73 Å². The Morgan fingerprint density at radius 2 is 1.87 bits per heavy atom. The van der Waals surface area contributed by atoms with Gasteiger partial charge in [0.05, 0.1) is 0 Å². The zero-order chi connectivity index (χ0) is 11.0. The fourth-order valence-electron chi connectivity index (χ4n) is 0.868. The van der Waals surface area contributed by atoms with Crippen molar-refractivity contribution < 1.29 is 18.0 Å². The Hall–Kier alpha value is -0.490. The fraction of sp³-hybridized carbons (Fsp3) is 0.875. The van der Waals surface area contributed by atoms with E-state index in [-0.39, 0.29) is 37.7 Å². The van der Waals surface area contributed by atoms with E-state index in [4.69, 9.17) is 5.73 Å². The fourth-order valence-corrected chi connectivity index (χ4v) is 0.868. The molecule has 0 heterocycles. The van der Waals surface area contributed by atoms with Crippen LogP contribution in [0, 0.1) is 0 Å². The van der Waals surface area contributed by atoms with Crippen molar-refractivity contribution in [1.29, 1.82) is 0 Å². The predicted octanol–water partition coefficient (Wildman–Crippen LogP) is 1.61. The van der Waals surface area contributed by atoms with Crippen molar-refractivity contribution in [2.45, 2.75) is 31.9 Å². The molecular formula is C8H16ClF3N2O. The van der Waals surface area contributed by atoms with Crippen LogP contribution in [0.25, 0.3) is 0 Å². The van der Waals surface area contributed by atoms with Crippen molar-refractivity contribution in [3.63, 3.8) is 0 Å². The van der Waals surface area contributed by atoms with Crippen LogP contribution in [0.4, 0.5) is 13.2 Å². The first-order valence-corrected chi connectivity index (χ1v) is 4.49. The van der Waals surface area contributed by atoms with E-state index in [2.05, 4.69) is 5.32 Å².